The van der Waals surface area contributed by atoms with Crippen LogP contribution in [0.4, 0.5) is 0 Å². The quantitative estimate of drug-likeness (QED) is 0.260. The monoisotopic (exact) mass is 445 g/mol. The lowest BCUT2D eigenvalue weighted by atomic mass is 9.68. The van der Waals surface area contributed by atoms with Gasteiger partial charge >= 0.3 is 29.8 Å². The van der Waals surface area contributed by atoms with Crippen LogP contribution in [0.1, 0.15) is 0 Å². The number of carbonyl (C=O) groups is 5. The first-order valence-corrected chi connectivity index (χ1v) is 9.01. The molecule has 0 saturated heterocycles. The summed E-state index contributed by atoms with van der Waals surface area (Å²) in [7, 11) is 8.08. The molecule has 1 aliphatic rings. The Bertz CT molecular complexity index is 715. The van der Waals surface area contributed by atoms with E-state index in [0.717, 1.165) is 35.5 Å². The highest BCUT2D eigenvalue weighted by Crippen LogP contribution is 2.43. The molecular formula is C19H27NO11. The highest BCUT2D eigenvalue weighted by molar-refractivity contribution is 6.00. The van der Waals surface area contributed by atoms with E-state index in [0.29, 0.717) is 0 Å². The largest absolute Gasteiger partial charge is 0.468 e. The molecule has 3 atom stereocenters. The van der Waals surface area contributed by atoms with Crippen LogP contribution in [0, 0.1) is 23.7 Å². The van der Waals surface area contributed by atoms with Gasteiger partial charge in [0.2, 0.25) is 0 Å². The van der Waals surface area contributed by atoms with Crippen molar-refractivity contribution < 1.29 is 52.4 Å². The topological polar surface area (TPSA) is 144 Å². The molecule has 1 heterocycles. The predicted molar refractivity (Wildman–Crippen MR) is 101 cm³/mol. The third-order valence-corrected chi connectivity index (χ3v) is 5.07. The van der Waals surface area contributed by atoms with Gasteiger partial charge in [-0.15, -0.1) is 0 Å². The summed E-state index contributed by atoms with van der Waals surface area (Å²) in [5.41, 5.74) is -0.179. The second kappa shape index (κ2) is 11.3. The summed E-state index contributed by atoms with van der Waals surface area (Å²) in [5, 5.41) is 0. The Morgan fingerprint density at radius 1 is 0.742 bits per heavy atom. The summed E-state index contributed by atoms with van der Waals surface area (Å²) in [6.07, 6.45) is 0.240. The van der Waals surface area contributed by atoms with Gasteiger partial charge in [-0.2, -0.15) is 0 Å². The summed E-state index contributed by atoms with van der Waals surface area (Å²) in [6.45, 7) is 0. The summed E-state index contributed by atoms with van der Waals surface area (Å²) >= 11 is 0. The third-order valence-electron chi connectivity index (χ3n) is 5.07. The van der Waals surface area contributed by atoms with Crippen LogP contribution < -0.4 is 0 Å². The van der Waals surface area contributed by atoms with E-state index >= 15 is 0 Å². The Hall–Kier alpha value is -3.15. The van der Waals surface area contributed by atoms with Gasteiger partial charge < -0.3 is 33.3 Å². The maximum atomic E-state index is 12.6. The molecule has 0 radical (unpaired) electrons. The van der Waals surface area contributed by atoms with E-state index in [-0.39, 0.29) is 5.57 Å². The van der Waals surface area contributed by atoms with E-state index in [2.05, 4.69) is 0 Å². The van der Waals surface area contributed by atoms with Gasteiger partial charge in [-0.3, -0.25) is 19.2 Å². The minimum absolute atomic E-state index is 0.179. The number of hydrogen-bond acceptors (Lipinski definition) is 12. The molecule has 12 heteroatoms. The lowest BCUT2D eigenvalue weighted by Crippen LogP contribution is -2.56. The van der Waals surface area contributed by atoms with E-state index in [4.69, 9.17) is 28.4 Å². The Morgan fingerprint density at radius 2 is 1.16 bits per heavy atom. The van der Waals surface area contributed by atoms with Crippen LogP contribution in [0.5, 0.6) is 0 Å². The normalized spacial score (nSPS) is 20.6. The van der Waals surface area contributed by atoms with Crippen molar-refractivity contribution in [1.29, 1.82) is 0 Å². The Morgan fingerprint density at radius 3 is 1.52 bits per heavy atom. The van der Waals surface area contributed by atoms with Crippen LogP contribution in [0.2, 0.25) is 0 Å². The smallest absolute Gasteiger partial charge is 0.335 e. The number of nitrogens with zero attached hydrogens (tertiary/aromatic N) is 1. The molecule has 0 aliphatic carbocycles. The average Bonchev–Trinajstić information content (AvgIpc) is 2.78. The van der Waals surface area contributed by atoms with Crippen LogP contribution in [0.15, 0.2) is 11.8 Å². The molecule has 174 valence electrons. The molecule has 0 unspecified atom stereocenters. The standard InChI is InChI=1S/C19H27NO11/c1-20-8-9(15(21)27-3)10(12(16(22)28-4)17(23)29-5)11(14(20)26-2)13(18(24)30-6)19(25)31-7/h8,10-14H,1-7H3/t10-,11-,14-/m0/s1. The Labute approximate surface area is 179 Å². The van der Waals surface area contributed by atoms with Gasteiger partial charge in [-0.05, 0) is 0 Å². The van der Waals surface area contributed by atoms with Gasteiger partial charge in [0, 0.05) is 32.2 Å². The number of rotatable bonds is 8. The third kappa shape index (κ3) is 5.13. The highest BCUT2D eigenvalue weighted by Gasteiger charge is 2.57. The molecule has 12 nitrogen and oxygen atoms in total. The maximum Gasteiger partial charge on any atom is 0.335 e. The van der Waals surface area contributed by atoms with Crippen molar-refractivity contribution in [2.45, 2.75) is 6.23 Å². The van der Waals surface area contributed by atoms with Gasteiger partial charge in [-0.1, -0.05) is 0 Å². The van der Waals surface area contributed by atoms with Crippen molar-refractivity contribution in [3.63, 3.8) is 0 Å². The predicted octanol–water partition coefficient (Wildman–Crippen LogP) is -0.882. The van der Waals surface area contributed by atoms with E-state index in [9.17, 15) is 24.0 Å². The van der Waals surface area contributed by atoms with Gasteiger partial charge in [0.25, 0.3) is 0 Å². The van der Waals surface area contributed by atoms with Crippen LogP contribution in [-0.4, -0.2) is 90.7 Å². The van der Waals surface area contributed by atoms with Crippen molar-refractivity contribution >= 4 is 29.8 Å². The first-order valence-electron chi connectivity index (χ1n) is 9.01. The zero-order chi connectivity index (χ0) is 23.9. The SMILES string of the molecule is COC(=O)C1=CN(C)[C@@H](OC)[C@H](C(C(=O)OC)C(=O)OC)[C@H]1C(C(=O)OC)C(=O)OC. The van der Waals surface area contributed by atoms with Crippen LogP contribution in [0.25, 0.3) is 0 Å². The van der Waals surface area contributed by atoms with E-state index < -0.39 is 59.7 Å². The Kier molecular flexibility index (Phi) is 9.43. The Balaban J connectivity index is 3.93. The minimum Gasteiger partial charge on any atom is -0.468 e. The molecule has 0 amide bonds. The molecule has 0 aromatic heterocycles. The van der Waals surface area contributed by atoms with Gasteiger partial charge in [-0.25, -0.2) is 4.79 Å². The fourth-order valence-electron chi connectivity index (χ4n) is 3.75. The van der Waals surface area contributed by atoms with Crippen molar-refractivity contribution in [3.8, 4) is 0 Å². The second-order valence-electron chi connectivity index (χ2n) is 6.52. The number of methoxy groups -OCH3 is 6. The van der Waals surface area contributed by atoms with E-state index in [1.807, 2.05) is 0 Å². The lowest BCUT2D eigenvalue weighted by Gasteiger charge is -2.45. The molecule has 1 aliphatic heterocycles. The van der Waals surface area contributed by atoms with Gasteiger partial charge in [0.1, 0.15) is 6.23 Å². The van der Waals surface area contributed by atoms with Crippen molar-refractivity contribution in [2.24, 2.45) is 23.7 Å². The summed E-state index contributed by atoms with van der Waals surface area (Å²) in [6, 6.07) is 0. The molecular weight excluding hydrogens is 418 g/mol. The summed E-state index contributed by atoms with van der Waals surface area (Å²) in [5.74, 6) is -11.2. The van der Waals surface area contributed by atoms with Crippen molar-refractivity contribution in [2.75, 3.05) is 49.7 Å². The molecule has 0 fully saturated rings. The summed E-state index contributed by atoms with van der Waals surface area (Å²) in [4.78, 5) is 64.4. The highest BCUT2D eigenvalue weighted by atomic mass is 16.6. The minimum atomic E-state index is -1.73. The number of ether oxygens (including phenoxy) is 6. The molecule has 0 spiro atoms. The van der Waals surface area contributed by atoms with Gasteiger partial charge in [0.05, 0.1) is 41.1 Å². The first-order chi connectivity index (χ1) is 14.6. The fraction of sp³-hybridized carbons (Fsp3) is 0.632. The van der Waals surface area contributed by atoms with Crippen LogP contribution in [0.3, 0.4) is 0 Å². The maximum absolute atomic E-state index is 12.6. The van der Waals surface area contributed by atoms with Crippen LogP contribution >= 0.6 is 0 Å². The first kappa shape index (κ1) is 25.9. The molecule has 0 saturated carbocycles. The molecule has 0 aromatic carbocycles. The van der Waals surface area contributed by atoms with Crippen molar-refractivity contribution in [1.82, 2.24) is 4.90 Å². The molecule has 31 heavy (non-hydrogen) atoms. The molecule has 1 rings (SSSR count). The van der Waals surface area contributed by atoms with E-state index in [1.54, 1.807) is 0 Å². The number of esters is 5. The zero-order valence-corrected chi connectivity index (χ0v) is 18.4. The fourth-order valence-corrected chi connectivity index (χ4v) is 3.75. The number of carbonyl (C=O) groups excluding carboxylic acids is 5. The zero-order valence-electron chi connectivity index (χ0n) is 18.4. The summed E-state index contributed by atoms with van der Waals surface area (Å²) < 4.78 is 29.3. The number of hydrogen-bond donors (Lipinski definition) is 0. The lowest BCUT2D eigenvalue weighted by molar-refractivity contribution is -0.180. The molecule has 0 bridgehead atoms. The van der Waals surface area contributed by atoms with Gasteiger partial charge in [0.15, 0.2) is 11.8 Å². The second-order valence-corrected chi connectivity index (χ2v) is 6.52. The van der Waals surface area contributed by atoms with Crippen LogP contribution in [-0.2, 0) is 52.4 Å². The molecule has 0 N–H and O–H groups in total. The molecule has 0 aromatic rings. The van der Waals surface area contributed by atoms with E-state index in [1.165, 1.54) is 25.3 Å². The average molecular weight is 445 g/mol. The van der Waals surface area contributed by atoms with Crippen molar-refractivity contribution in [3.05, 3.63) is 11.8 Å².